The summed E-state index contributed by atoms with van der Waals surface area (Å²) in [4.78, 5) is 12.4. The number of rotatable bonds is 4. The van der Waals surface area contributed by atoms with Crippen molar-refractivity contribution in [3.8, 4) is 17.5 Å². The van der Waals surface area contributed by atoms with Crippen molar-refractivity contribution in [1.29, 1.82) is 5.26 Å². The number of H-pyrrole nitrogens is 1. The van der Waals surface area contributed by atoms with Crippen LogP contribution in [-0.2, 0) is 14.3 Å². The highest BCUT2D eigenvalue weighted by Crippen LogP contribution is 2.39. The van der Waals surface area contributed by atoms with Gasteiger partial charge < -0.3 is 15.2 Å². The highest BCUT2D eigenvalue weighted by molar-refractivity contribution is 5.92. The van der Waals surface area contributed by atoms with Crippen molar-refractivity contribution in [2.75, 3.05) is 6.61 Å². The summed E-state index contributed by atoms with van der Waals surface area (Å²) in [6.45, 7) is 3.54. The first-order valence-electron chi connectivity index (χ1n) is 7.86. The van der Waals surface area contributed by atoms with Gasteiger partial charge in [0, 0.05) is 5.56 Å². The summed E-state index contributed by atoms with van der Waals surface area (Å²) in [6.07, 6.45) is 0. The van der Waals surface area contributed by atoms with Gasteiger partial charge in [-0.15, -0.1) is 10.2 Å². The lowest BCUT2D eigenvalue weighted by Gasteiger charge is -2.26. The predicted molar refractivity (Wildman–Crippen MR) is 89.6 cm³/mol. The molecule has 3 N–H and O–H groups in total. The van der Waals surface area contributed by atoms with E-state index < -0.39 is 11.9 Å². The summed E-state index contributed by atoms with van der Waals surface area (Å²) in [6, 6.07) is 9.15. The summed E-state index contributed by atoms with van der Waals surface area (Å²) in [5.41, 5.74) is 7.72. The van der Waals surface area contributed by atoms with E-state index in [1.54, 1.807) is 38.1 Å². The fraction of sp³-hybridized carbons (Fsp3) is 0.235. The largest absolute Gasteiger partial charge is 0.463 e. The minimum absolute atomic E-state index is 0.0229. The van der Waals surface area contributed by atoms with Crippen LogP contribution in [0.25, 0.3) is 11.4 Å². The van der Waals surface area contributed by atoms with Gasteiger partial charge >= 0.3 is 5.97 Å². The zero-order valence-corrected chi connectivity index (χ0v) is 14.2. The van der Waals surface area contributed by atoms with E-state index in [4.69, 9.17) is 15.2 Å². The SMILES string of the molecule is CCOC(=O)C1=C(C)OC(N)=C(C#N)C1c1ccc(-c2nn[nH]n2)cc1. The Bertz CT molecular complexity index is 922. The van der Waals surface area contributed by atoms with Crippen LogP contribution in [0.1, 0.15) is 25.3 Å². The minimum Gasteiger partial charge on any atom is -0.463 e. The number of benzene rings is 1. The molecule has 2 heterocycles. The third-order valence-electron chi connectivity index (χ3n) is 3.95. The Balaban J connectivity index is 2.06. The lowest BCUT2D eigenvalue weighted by atomic mass is 9.83. The normalized spacial score (nSPS) is 16.9. The molecule has 0 bridgehead atoms. The molecule has 0 saturated carbocycles. The number of aromatic amines is 1. The summed E-state index contributed by atoms with van der Waals surface area (Å²) in [5.74, 6) is -0.487. The quantitative estimate of drug-likeness (QED) is 0.789. The van der Waals surface area contributed by atoms with Crippen LogP contribution in [0.15, 0.2) is 47.1 Å². The summed E-state index contributed by atoms with van der Waals surface area (Å²) >= 11 is 0. The van der Waals surface area contributed by atoms with Crippen LogP contribution < -0.4 is 5.73 Å². The van der Waals surface area contributed by atoms with Crippen LogP contribution in [0.3, 0.4) is 0 Å². The first-order valence-corrected chi connectivity index (χ1v) is 7.86. The third kappa shape index (κ3) is 3.00. The number of aromatic nitrogens is 4. The molecular weight excluding hydrogens is 336 g/mol. The highest BCUT2D eigenvalue weighted by atomic mass is 16.5. The van der Waals surface area contributed by atoms with Gasteiger partial charge in [0.15, 0.2) is 0 Å². The number of nitrogens with two attached hydrogens (primary N) is 1. The summed E-state index contributed by atoms with van der Waals surface area (Å²) in [7, 11) is 0. The van der Waals surface area contributed by atoms with Gasteiger partial charge in [-0.3, -0.25) is 0 Å². The molecule has 26 heavy (non-hydrogen) atoms. The van der Waals surface area contributed by atoms with Crippen molar-refractivity contribution in [2.24, 2.45) is 5.73 Å². The molecule has 1 aliphatic rings. The number of nitrogens with zero attached hydrogens (tertiary/aromatic N) is 4. The van der Waals surface area contributed by atoms with E-state index in [2.05, 4.69) is 20.6 Å². The van der Waals surface area contributed by atoms with Crippen LogP contribution in [0.2, 0.25) is 0 Å². The molecule has 0 saturated heterocycles. The van der Waals surface area contributed by atoms with Crippen LogP contribution in [0.5, 0.6) is 0 Å². The van der Waals surface area contributed by atoms with Crippen molar-refractivity contribution < 1.29 is 14.3 Å². The van der Waals surface area contributed by atoms with Crippen molar-refractivity contribution in [1.82, 2.24) is 20.6 Å². The fourth-order valence-corrected chi connectivity index (χ4v) is 2.80. The van der Waals surface area contributed by atoms with E-state index in [1.807, 2.05) is 6.07 Å². The number of carbonyl (C=O) groups is 1. The van der Waals surface area contributed by atoms with Crippen LogP contribution in [0.4, 0.5) is 0 Å². The Kier molecular flexibility index (Phi) is 4.66. The summed E-state index contributed by atoms with van der Waals surface area (Å²) < 4.78 is 10.5. The molecule has 0 fully saturated rings. The molecule has 0 aliphatic carbocycles. The van der Waals surface area contributed by atoms with Gasteiger partial charge in [0.05, 0.1) is 18.1 Å². The van der Waals surface area contributed by atoms with Gasteiger partial charge in [0.25, 0.3) is 0 Å². The zero-order valence-electron chi connectivity index (χ0n) is 14.2. The number of nitriles is 1. The minimum atomic E-state index is -0.674. The number of hydrogen-bond donors (Lipinski definition) is 2. The maximum atomic E-state index is 12.4. The second kappa shape index (κ2) is 7.06. The number of ether oxygens (including phenoxy) is 2. The van der Waals surface area contributed by atoms with Gasteiger partial charge in [0.1, 0.15) is 17.4 Å². The molecule has 2 aromatic rings. The molecule has 1 atom stereocenters. The second-order valence-corrected chi connectivity index (χ2v) is 5.47. The molecule has 1 aromatic carbocycles. The smallest absolute Gasteiger partial charge is 0.338 e. The van der Waals surface area contributed by atoms with E-state index in [9.17, 15) is 10.1 Å². The van der Waals surface area contributed by atoms with E-state index in [1.165, 1.54) is 0 Å². The van der Waals surface area contributed by atoms with Gasteiger partial charge in [-0.25, -0.2) is 4.79 Å². The fourth-order valence-electron chi connectivity index (χ4n) is 2.80. The van der Waals surface area contributed by atoms with Crippen molar-refractivity contribution in [3.63, 3.8) is 0 Å². The molecule has 1 unspecified atom stereocenters. The Labute approximate surface area is 149 Å². The summed E-state index contributed by atoms with van der Waals surface area (Å²) in [5, 5.41) is 23.3. The van der Waals surface area contributed by atoms with Crippen molar-refractivity contribution in [3.05, 3.63) is 52.6 Å². The lowest BCUT2D eigenvalue weighted by molar-refractivity contribution is -0.139. The Morgan fingerprint density at radius 1 is 1.42 bits per heavy atom. The van der Waals surface area contributed by atoms with Crippen LogP contribution in [-0.4, -0.2) is 33.2 Å². The monoisotopic (exact) mass is 352 g/mol. The number of nitrogens with one attached hydrogen (secondary N) is 1. The molecule has 0 amide bonds. The zero-order chi connectivity index (χ0) is 18.7. The molecule has 1 aromatic heterocycles. The maximum absolute atomic E-state index is 12.4. The van der Waals surface area contributed by atoms with Gasteiger partial charge in [-0.1, -0.05) is 24.3 Å². The third-order valence-corrected chi connectivity index (χ3v) is 3.95. The first-order chi connectivity index (χ1) is 12.6. The van der Waals surface area contributed by atoms with Crippen LogP contribution in [0, 0.1) is 11.3 Å². The molecule has 132 valence electrons. The number of carbonyl (C=O) groups excluding carboxylic acids is 1. The Morgan fingerprint density at radius 3 is 2.73 bits per heavy atom. The van der Waals surface area contributed by atoms with E-state index in [0.717, 1.165) is 5.56 Å². The standard InChI is InChI=1S/C17H16N6O3/c1-3-25-17(24)13-9(2)26-15(19)12(8-18)14(13)10-4-6-11(7-5-10)16-20-22-23-21-16/h4-7,14H,3,19H2,1-2H3,(H,20,21,22,23). The molecule has 9 nitrogen and oxygen atoms in total. The maximum Gasteiger partial charge on any atom is 0.338 e. The average molecular weight is 352 g/mol. The molecular formula is C17H16N6O3. The number of esters is 1. The van der Waals surface area contributed by atoms with E-state index >= 15 is 0 Å². The molecule has 1 aliphatic heterocycles. The first kappa shape index (κ1) is 17.2. The highest BCUT2D eigenvalue weighted by Gasteiger charge is 2.36. The van der Waals surface area contributed by atoms with Crippen LogP contribution >= 0.6 is 0 Å². The average Bonchev–Trinajstić information content (AvgIpc) is 3.16. The van der Waals surface area contributed by atoms with E-state index in [0.29, 0.717) is 17.1 Å². The van der Waals surface area contributed by atoms with Crippen molar-refractivity contribution in [2.45, 2.75) is 19.8 Å². The molecule has 0 radical (unpaired) electrons. The molecule has 9 heteroatoms. The van der Waals surface area contributed by atoms with E-state index in [-0.39, 0.29) is 23.6 Å². The number of tetrazole rings is 1. The topological polar surface area (TPSA) is 140 Å². The molecule has 0 spiro atoms. The predicted octanol–water partition coefficient (Wildman–Crippen LogP) is 1.51. The number of allylic oxidation sites excluding steroid dienone is 2. The van der Waals surface area contributed by atoms with Gasteiger partial charge in [-0.05, 0) is 24.6 Å². The lowest BCUT2D eigenvalue weighted by Crippen LogP contribution is -2.25. The second-order valence-electron chi connectivity index (χ2n) is 5.47. The number of hydrogen-bond acceptors (Lipinski definition) is 8. The molecule has 3 rings (SSSR count). The van der Waals surface area contributed by atoms with Gasteiger partial charge in [-0.2, -0.15) is 10.5 Å². The Morgan fingerprint density at radius 2 is 2.15 bits per heavy atom. The van der Waals surface area contributed by atoms with Crippen molar-refractivity contribution >= 4 is 5.97 Å². The Hall–Kier alpha value is -3.67. The van der Waals surface area contributed by atoms with Gasteiger partial charge in [0.2, 0.25) is 11.7 Å².